The van der Waals surface area contributed by atoms with E-state index in [1.54, 1.807) is 19.3 Å². The summed E-state index contributed by atoms with van der Waals surface area (Å²) in [6, 6.07) is 7.30. The zero-order valence-electron chi connectivity index (χ0n) is 13.4. The van der Waals surface area contributed by atoms with E-state index >= 15 is 0 Å². The Morgan fingerprint density at radius 3 is 3.12 bits per heavy atom. The molecule has 0 bridgehead atoms. The number of thiazole rings is 1. The van der Waals surface area contributed by atoms with E-state index in [1.807, 2.05) is 34.2 Å². The molecule has 0 unspecified atom stereocenters. The van der Waals surface area contributed by atoms with Gasteiger partial charge in [-0.3, -0.25) is 9.20 Å². The van der Waals surface area contributed by atoms with Gasteiger partial charge in [0.2, 0.25) is 5.91 Å². The third-order valence-electron chi connectivity index (χ3n) is 3.36. The summed E-state index contributed by atoms with van der Waals surface area (Å²) < 4.78 is 12.5. The summed E-state index contributed by atoms with van der Waals surface area (Å²) in [6.45, 7) is 0.739. The van der Waals surface area contributed by atoms with Crippen molar-refractivity contribution in [3.8, 4) is 11.5 Å². The number of nitrogens with zero attached hydrogens (tertiary/aromatic N) is 2. The Kier molecular flexibility index (Phi) is 5.57. The van der Waals surface area contributed by atoms with Crippen molar-refractivity contribution in [2.45, 2.75) is 0 Å². The second kappa shape index (κ2) is 8.04. The monoisotopic (exact) mass is 377 g/mol. The number of imidazole rings is 1. The molecule has 130 valence electrons. The van der Waals surface area contributed by atoms with Gasteiger partial charge < -0.3 is 14.8 Å². The third kappa shape index (κ3) is 4.32. The molecular formula is C17H16ClN3O3S. The van der Waals surface area contributed by atoms with Gasteiger partial charge in [-0.15, -0.1) is 11.3 Å². The van der Waals surface area contributed by atoms with Crippen LogP contribution in [-0.2, 0) is 4.79 Å². The van der Waals surface area contributed by atoms with E-state index < -0.39 is 0 Å². The second-order valence-corrected chi connectivity index (χ2v) is 6.23. The number of aromatic nitrogens is 2. The van der Waals surface area contributed by atoms with E-state index in [0.29, 0.717) is 29.7 Å². The van der Waals surface area contributed by atoms with Gasteiger partial charge in [-0.2, -0.15) is 0 Å². The van der Waals surface area contributed by atoms with Crippen molar-refractivity contribution in [1.82, 2.24) is 14.7 Å². The minimum atomic E-state index is -0.226. The maximum absolute atomic E-state index is 11.9. The van der Waals surface area contributed by atoms with Crippen molar-refractivity contribution in [3.63, 3.8) is 0 Å². The normalized spacial score (nSPS) is 11.1. The first kappa shape index (κ1) is 17.3. The summed E-state index contributed by atoms with van der Waals surface area (Å²) in [5.41, 5.74) is 0.681. The number of fused-ring (bicyclic) bond motifs is 1. The highest BCUT2D eigenvalue weighted by Crippen LogP contribution is 2.22. The summed E-state index contributed by atoms with van der Waals surface area (Å²) in [6.07, 6.45) is 4.93. The largest absolute Gasteiger partial charge is 0.497 e. The van der Waals surface area contributed by atoms with Crippen LogP contribution < -0.4 is 14.8 Å². The number of hydrogen-bond donors (Lipinski definition) is 1. The Morgan fingerprint density at radius 2 is 2.28 bits per heavy atom. The molecule has 25 heavy (non-hydrogen) atoms. The maximum atomic E-state index is 11.9. The van der Waals surface area contributed by atoms with Gasteiger partial charge in [0.05, 0.1) is 19.3 Å². The fraction of sp³-hybridized carbons (Fsp3) is 0.176. The summed E-state index contributed by atoms with van der Waals surface area (Å²) >= 11 is 7.55. The van der Waals surface area contributed by atoms with Crippen LogP contribution in [0, 0.1) is 0 Å². The Labute approximate surface area is 153 Å². The number of hydrogen-bond acceptors (Lipinski definition) is 5. The first-order chi connectivity index (χ1) is 12.2. The number of halogens is 1. The van der Waals surface area contributed by atoms with Crippen LogP contribution in [0.2, 0.25) is 5.15 Å². The molecule has 2 heterocycles. The van der Waals surface area contributed by atoms with Gasteiger partial charge in [-0.25, -0.2) is 4.98 Å². The molecule has 1 amide bonds. The van der Waals surface area contributed by atoms with Gasteiger partial charge in [0.15, 0.2) is 10.1 Å². The van der Waals surface area contributed by atoms with E-state index in [-0.39, 0.29) is 5.91 Å². The molecule has 3 rings (SSSR count). The van der Waals surface area contributed by atoms with E-state index in [2.05, 4.69) is 10.3 Å². The molecule has 1 N–H and O–H groups in total. The first-order valence-electron chi connectivity index (χ1n) is 7.51. The molecular weight excluding hydrogens is 362 g/mol. The lowest BCUT2D eigenvalue weighted by Gasteiger charge is -2.07. The quantitative estimate of drug-likeness (QED) is 0.507. The number of carbonyl (C=O) groups is 1. The number of ether oxygens (including phenoxy) is 2. The number of amides is 1. The zero-order valence-corrected chi connectivity index (χ0v) is 15.0. The van der Waals surface area contributed by atoms with Crippen molar-refractivity contribution in [1.29, 1.82) is 0 Å². The summed E-state index contributed by atoms with van der Waals surface area (Å²) in [5.74, 6) is 1.19. The van der Waals surface area contributed by atoms with Crippen LogP contribution in [0.15, 0.2) is 41.9 Å². The molecule has 2 aromatic heterocycles. The second-order valence-electron chi connectivity index (χ2n) is 5.00. The Balaban J connectivity index is 1.48. The molecule has 0 fully saturated rings. The molecule has 0 atom stereocenters. The third-order valence-corrected chi connectivity index (χ3v) is 4.39. The average Bonchev–Trinajstić information content (AvgIpc) is 3.18. The molecule has 0 saturated heterocycles. The summed E-state index contributed by atoms with van der Waals surface area (Å²) in [4.78, 5) is 16.9. The number of methoxy groups -OCH3 is 1. The minimum absolute atomic E-state index is 0.226. The molecule has 8 heteroatoms. The summed E-state index contributed by atoms with van der Waals surface area (Å²) in [7, 11) is 1.60. The van der Waals surface area contributed by atoms with Crippen LogP contribution in [0.25, 0.3) is 11.0 Å². The van der Waals surface area contributed by atoms with Crippen LogP contribution in [-0.4, -0.2) is 35.6 Å². The van der Waals surface area contributed by atoms with Gasteiger partial charge in [0.25, 0.3) is 0 Å². The Hall–Kier alpha value is -2.51. The van der Waals surface area contributed by atoms with E-state index in [1.165, 1.54) is 17.4 Å². The molecule has 0 spiro atoms. The van der Waals surface area contributed by atoms with Crippen LogP contribution in [0.4, 0.5) is 0 Å². The number of benzene rings is 1. The number of nitrogens with one attached hydrogen (secondary N) is 1. The molecule has 0 radical (unpaired) electrons. The molecule has 0 saturated carbocycles. The zero-order chi connectivity index (χ0) is 17.6. The van der Waals surface area contributed by atoms with Gasteiger partial charge in [-0.1, -0.05) is 17.7 Å². The number of rotatable bonds is 7. The molecule has 0 aliphatic carbocycles. The van der Waals surface area contributed by atoms with E-state index in [4.69, 9.17) is 21.1 Å². The molecule has 0 aliphatic heterocycles. The van der Waals surface area contributed by atoms with Gasteiger partial charge >= 0.3 is 0 Å². The molecule has 3 aromatic rings. The van der Waals surface area contributed by atoms with E-state index in [9.17, 15) is 4.79 Å². The standard InChI is InChI=1S/C17H16ClN3O3S/c1-23-12-3-2-4-13(11-12)24-9-7-19-15(22)6-5-14-16(18)20-17-21(14)8-10-25-17/h2-6,8,10-11H,7,9H2,1H3,(H,19,22)/b6-5+. The maximum Gasteiger partial charge on any atom is 0.244 e. The lowest BCUT2D eigenvalue weighted by Crippen LogP contribution is -2.26. The van der Waals surface area contributed by atoms with Gasteiger partial charge in [0.1, 0.15) is 18.1 Å². The topological polar surface area (TPSA) is 64.9 Å². The van der Waals surface area contributed by atoms with E-state index in [0.717, 1.165) is 10.7 Å². The van der Waals surface area contributed by atoms with Crippen molar-refractivity contribution in [2.75, 3.05) is 20.3 Å². The van der Waals surface area contributed by atoms with Crippen LogP contribution in [0.3, 0.4) is 0 Å². The fourth-order valence-corrected chi connectivity index (χ4v) is 3.18. The van der Waals surface area contributed by atoms with Crippen molar-refractivity contribution in [2.24, 2.45) is 0 Å². The summed E-state index contributed by atoms with van der Waals surface area (Å²) in [5, 5.41) is 5.03. The van der Waals surface area contributed by atoms with Crippen molar-refractivity contribution < 1.29 is 14.3 Å². The predicted octanol–water partition coefficient (Wildman–Crippen LogP) is 3.27. The molecule has 6 nitrogen and oxygen atoms in total. The highest BCUT2D eigenvalue weighted by Gasteiger charge is 2.08. The lowest BCUT2D eigenvalue weighted by atomic mass is 10.3. The first-order valence-corrected chi connectivity index (χ1v) is 8.77. The minimum Gasteiger partial charge on any atom is -0.497 e. The smallest absolute Gasteiger partial charge is 0.244 e. The lowest BCUT2D eigenvalue weighted by molar-refractivity contribution is -0.116. The van der Waals surface area contributed by atoms with Crippen LogP contribution in [0.5, 0.6) is 11.5 Å². The van der Waals surface area contributed by atoms with Crippen molar-refractivity contribution in [3.05, 3.63) is 52.8 Å². The van der Waals surface area contributed by atoms with Crippen LogP contribution in [0.1, 0.15) is 5.69 Å². The van der Waals surface area contributed by atoms with Gasteiger partial charge in [-0.05, 0) is 18.2 Å². The predicted molar refractivity (Wildman–Crippen MR) is 98.6 cm³/mol. The highest BCUT2D eigenvalue weighted by atomic mass is 35.5. The number of carbonyl (C=O) groups excluding carboxylic acids is 1. The van der Waals surface area contributed by atoms with Crippen molar-refractivity contribution >= 4 is 39.9 Å². The molecule has 0 aliphatic rings. The Bertz CT molecular complexity index is 904. The SMILES string of the molecule is COc1cccc(OCCNC(=O)/C=C/c2c(Cl)nc3sccn23)c1. The van der Waals surface area contributed by atoms with Gasteiger partial charge in [0, 0.05) is 23.7 Å². The fourth-order valence-electron chi connectivity index (χ4n) is 2.17. The molecule has 1 aromatic carbocycles. The van der Waals surface area contributed by atoms with Crippen LogP contribution >= 0.6 is 22.9 Å². The highest BCUT2D eigenvalue weighted by molar-refractivity contribution is 7.15. The Morgan fingerprint density at radius 1 is 1.44 bits per heavy atom. The average molecular weight is 378 g/mol.